The Morgan fingerprint density at radius 1 is 1.43 bits per heavy atom. The number of amides is 2. The van der Waals surface area contributed by atoms with Crippen LogP contribution in [-0.2, 0) is 14.8 Å². The highest BCUT2D eigenvalue weighted by molar-refractivity contribution is 7.91. The van der Waals surface area contributed by atoms with Gasteiger partial charge in [-0.15, -0.1) is 11.3 Å². The summed E-state index contributed by atoms with van der Waals surface area (Å²) in [6.07, 6.45) is 0.404. The summed E-state index contributed by atoms with van der Waals surface area (Å²) in [5.41, 5.74) is -0.919. The van der Waals surface area contributed by atoms with Crippen LogP contribution in [0.5, 0.6) is 0 Å². The summed E-state index contributed by atoms with van der Waals surface area (Å²) in [6, 6.07) is 2.77. The molecule has 1 aromatic rings. The average molecular weight is 361 g/mol. The molecule has 1 aliphatic rings. The summed E-state index contributed by atoms with van der Waals surface area (Å²) < 4.78 is 26.4. The molecule has 0 saturated carbocycles. The maximum Gasteiger partial charge on any atom is 0.317 e. The third-order valence-electron chi connectivity index (χ3n) is 3.73. The first-order valence-corrected chi connectivity index (χ1v) is 9.40. The third-order valence-corrected chi connectivity index (χ3v) is 6.59. The third kappa shape index (κ3) is 4.21. The summed E-state index contributed by atoms with van der Waals surface area (Å²) >= 11 is 1.12. The van der Waals surface area contributed by atoms with Crippen LogP contribution >= 0.6 is 11.3 Å². The highest BCUT2D eigenvalue weighted by Gasteiger charge is 2.42. The van der Waals surface area contributed by atoms with Crippen molar-refractivity contribution in [2.24, 2.45) is 5.41 Å². The van der Waals surface area contributed by atoms with Gasteiger partial charge in [0.25, 0.3) is 0 Å². The van der Waals surface area contributed by atoms with E-state index in [0.29, 0.717) is 13.0 Å². The van der Waals surface area contributed by atoms with E-state index in [9.17, 15) is 18.0 Å². The molecule has 2 rings (SSSR count). The quantitative estimate of drug-likeness (QED) is 0.639. The average Bonchev–Trinajstić information content (AvgIpc) is 3.13. The van der Waals surface area contributed by atoms with Crippen molar-refractivity contribution in [3.63, 3.8) is 0 Å². The second-order valence-corrected chi connectivity index (χ2v) is 8.54. The van der Waals surface area contributed by atoms with Crippen LogP contribution in [0.15, 0.2) is 21.7 Å². The molecule has 10 heteroatoms. The molecular weight excluding hydrogens is 342 g/mol. The van der Waals surface area contributed by atoms with E-state index in [1.807, 2.05) is 0 Å². The van der Waals surface area contributed by atoms with Gasteiger partial charge in [-0.25, -0.2) is 17.9 Å². The molecule has 0 spiro atoms. The van der Waals surface area contributed by atoms with Gasteiger partial charge in [-0.2, -0.15) is 0 Å². The number of urea groups is 1. The number of sulfonamides is 1. The van der Waals surface area contributed by atoms with Gasteiger partial charge in [0.05, 0.1) is 5.41 Å². The fourth-order valence-corrected chi connectivity index (χ4v) is 4.33. The lowest BCUT2D eigenvalue weighted by atomic mass is 9.90. The molecule has 8 nitrogen and oxygen atoms in total. The molecule has 0 radical (unpaired) electrons. The molecule has 1 aromatic heterocycles. The van der Waals surface area contributed by atoms with Crippen LogP contribution in [0.2, 0.25) is 0 Å². The number of aliphatic carboxylic acids is 1. The second-order valence-electron chi connectivity index (χ2n) is 5.60. The Labute approximate surface area is 138 Å². The van der Waals surface area contributed by atoms with E-state index >= 15 is 0 Å². The van der Waals surface area contributed by atoms with Crippen LogP contribution in [0.25, 0.3) is 0 Å². The molecule has 2 heterocycles. The van der Waals surface area contributed by atoms with Crippen molar-refractivity contribution < 1.29 is 23.1 Å². The molecule has 3 N–H and O–H groups in total. The fraction of sp³-hybridized carbons (Fsp3) is 0.538. The highest BCUT2D eigenvalue weighted by atomic mass is 32.2. The summed E-state index contributed by atoms with van der Waals surface area (Å²) in [7, 11) is -3.54. The van der Waals surface area contributed by atoms with Gasteiger partial charge in [0.1, 0.15) is 4.21 Å². The molecule has 0 bridgehead atoms. The molecule has 128 valence electrons. The monoisotopic (exact) mass is 361 g/mol. The zero-order valence-electron chi connectivity index (χ0n) is 12.6. The van der Waals surface area contributed by atoms with E-state index in [0.717, 1.165) is 11.3 Å². The maximum atomic E-state index is 12.0. The van der Waals surface area contributed by atoms with Gasteiger partial charge in [0.15, 0.2) is 0 Å². The number of hydrogen-bond donors (Lipinski definition) is 3. The maximum absolute atomic E-state index is 12.0. The number of carbonyl (C=O) groups is 2. The molecule has 0 aliphatic carbocycles. The Balaban J connectivity index is 1.75. The van der Waals surface area contributed by atoms with E-state index in [1.54, 1.807) is 18.4 Å². The lowest BCUT2D eigenvalue weighted by Crippen LogP contribution is -2.43. The molecular formula is C13H19N3O5S2. The lowest BCUT2D eigenvalue weighted by Gasteiger charge is -2.20. The number of carbonyl (C=O) groups excluding carboxylic acids is 1. The molecule has 1 saturated heterocycles. The van der Waals surface area contributed by atoms with E-state index < -0.39 is 21.4 Å². The number of nitrogens with one attached hydrogen (secondary N) is 2. The van der Waals surface area contributed by atoms with Gasteiger partial charge < -0.3 is 15.3 Å². The van der Waals surface area contributed by atoms with Gasteiger partial charge in [-0.05, 0) is 24.8 Å². The van der Waals surface area contributed by atoms with Gasteiger partial charge in [0, 0.05) is 26.2 Å². The normalized spacial score (nSPS) is 21.3. The summed E-state index contributed by atoms with van der Waals surface area (Å²) in [6.45, 7) is 2.32. The fourth-order valence-electron chi connectivity index (χ4n) is 2.26. The molecule has 23 heavy (non-hydrogen) atoms. The minimum absolute atomic E-state index is 0.0655. The predicted octanol–water partition coefficient (Wildman–Crippen LogP) is 0.533. The standard InChI is InChI=1S/C13H19N3O5S2/c1-13(11(17)18)4-7-16(9-13)12(19)14-5-6-15-23(20,21)10-3-2-8-22-10/h2-3,8,15H,4-7,9H2,1H3,(H,14,19)(H,17,18). The first kappa shape index (κ1) is 17.7. The van der Waals surface area contributed by atoms with Crippen molar-refractivity contribution in [3.05, 3.63) is 17.5 Å². The van der Waals surface area contributed by atoms with Crippen molar-refractivity contribution in [1.29, 1.82) is 0 Å². The number of carboxylic acid groups (broad SMARTS) is 1. The second kappa shape index (κ2) is 6.85. The Morgan fingerprint density at radius 3 is 2.74 bits per heavy atom. The van der Waals surface area contributed by atoms with Gasteiger partial charge in [0.2, 0.25) is 10.0 Å². The molecule has 1 unspecified atom stereocenters. The first-order valence-electron chi connectivity index (χ1n) is 7.04. The number of carboxylic acids is 1. The number of hydrogen-bond acceptors (Lipinski definition) is 5. The Morgan fingerprint density at radius 2 is 2.17 bits per heavy atom. The molecule has 1 atom stereocenters. The largest absolute Gasteiger partial charge is 0.481 e. The predicted molar refractivity (Wildman–Crippen MR) is 84.8 cm³/mol. The number of nitrogens with zero attached hydrogens (tertiary/aromatic N) is 1. The molecule has 1 fully saturated rings. The number of rotatable bonds is 6. The molecule has 0 aromatic carbocycles. The van der Waals surface area contributed by atoms with E-state index in [2.05, 4.69) is 10.0 Å². The van der Waals surface area contributed by atoms with Gasteiger partial charge in [-0.3, -0.25) is 4.79 Å². The first-order chi connectivity index (χ1) is 10.7. The Kier molecular flexibility index (Phi) is 5.27. The summed E-state index contributed by atoms with van der Waals surface area (Å²) in [5.74, 6) is -0.920. The zero-order chi connectivity index (χ0) is 17.1. The zero-order valence-corrected chi connectivity index (χ0v) is 14.2. The van der Waals surface area contributed by atoms with Crippen LogP contribution in [0.1, 0.15) is 13.3 Å². The van der Waals surface area contributed by atoms with Gasteiger partial charge >= 0.3 is 12.0 Å². The van der Waals surface area contributed by atoms with Crippen molar-refractivity contribution in [3.8, 4) is 0 Å². The van der Waals surface area contributed by atoms with Crippen LogP contribution in [-0.4, -0.2) is 56.6 Å². The topological polar surface area (TPSA) is 116 Å². The lowest BCUT2D eigenvalue weighted by molar-refractivity contribution is -0.147. The SMILES string of the molecule is CC1(C(=O)O)CCN(C(=O)NCCNS(=O)(=O)c2cccs2)C1. The van der Waals surface area contributed by atoms with Crippen LogP contribution < -0.4 is 10.0 Å². The minimum Gasteiger partial charge on any atom is -0.481 e. The van der Waals surface area contributed by atoms with Crippen LogP contribution in [0.3, 0.4) is 0 Å². The summed E-state index contributed by atoms with van der Waals surface area (Å²) in [5, 5.41) is 13.4. The molecule has 1 aliphatic heterocycles. The number of likely N-dealkylation sites (tertiary alicyclic amines) is 1. The van der Waals surface area contributed by atoms with E-state index in [1.165, 1.54) is 11.0 Å². The Bertz CT molecular complexity index is 674. The van der Waals surface area contributed by atoms with Crippen molar-refractivity contribution in [2.45, 2.75) is 17.6 Å². The van der Waals surface area contributed by atoms with E-state index in [-0.39, 0.29) is 29.9 Å². The van der Waals surface area contributed by atoms with Crippen molar-refractivity contribution in [1.82, 2.24) is 14.9 Å². The summed E-state index contributed by atoms with van der Waals surface area (Å²) in [4.78, 5) is 24.5. The van der Waals surface area contributed by atoms with Crippen LogP contribution in [0, 0.1) is 5.41 Å². The van der Waals surface area contributed by atoms with Crippen LogP contribution in [0.4, 0.5) is 4.79 Å². The number of thiophene rings is 1. The molecule has 2 amide bonds. The highest BCUT2D eigenvalue weighted by Crippen LogP contribution is 2.29. The minimum atomic E-state index is -3.54. The van der Waals surface area contributed by atoms with E-state index in [4.69, 9.17) is 5.11 Å². The van der Waals surface area contributed by atoms with Crippen molar-refractivity contribution in [2.75, 3.05) is 26.2 Å². The smallest absolute Gasteiger partial charge is 0.317 e. The Hall–Kier alpha value is -1.65. The van der Waals surface area contributed by atoms with Crippen molar-refractivity contribution >= 4 is 33.4 Å². The van der Waals surface area contributed by atoms with Gasteiger partial charge in [-0.1, -0.05) is 6.07 Å².